The van der Waals surface area contributed by atoms with Crippen LogP contribution in [0.5, 0.6) is 0 Å². The Bertz CT molecular complexity index is 335. The highest BCUT2D eigenvalue weighted by atomic mass is 16.5. The zero-order valence-corrected chi connectivity index (χ0v) is 19.6. The maximum absolute atomic E-state index is 11.8. The van der Waals surface area contributed by atoms with Crippen molar-refractivity contribution in [2.45, 2.75) is 103 Å². The lowest BCUT2D eigenvalue weighted by molar-refractivity contribution is -0.144. The number of nitrogens with zero attached hydrogens (tertiary/aromatic N) is 2. The first-order chi connectivity index (χ1) is 13.6. The smallest absolute Gasteiger partial charge is 0.305 e. The maximum Gasteiger partial charge on any atom is 0.305 e. The zero-order chi connectivity index (χ0) is 20.9. The van der Waals surface area contributed by atoms with Crippen LogP contribution in [0.3, 0.4) is 0 Å². The van der Waals surface area contributed by atoms with Gasteiger partial charge in [0.2, 0.25) is 0 Å². The molecule has 0 amide bonds. The summed E-state index contributed by atoms with van der Waals surface area (Å²) in [4.78, 5) is 16.1. The largest absolute Gasteiger partial charge is 0.464 e. The molecule has 0 bridgehead atoms. The third-order valence-electron chi connectivity index (χ3n) is 5.40. The average Bonchev–Trinajstić information content (AvgIpc) is 2.66. The molecule has 0 aliphatic carbocycles. The molecule has 0 spiro atoms. The molecule has 0 aromatic carbocycles. The number of carbonyl (C=O) groups excluding carboxylic acids is 1. The van der Waals surface area contributed by atoms with Gasteiger partial charge >= 0.3 is 5.97 Å². The molecule has 0 atom stereocenters. The molecule has 0 saturated heterocycles. The molecule has 4 heteroatoms. The van der Waals surface area contributed by atoms with E-state index in [2.05, 4.69) is 37.9 Å². The van der Waals surface area contributed by atoms with Crippen molar-refractivity contribution in [1.29, 1.82) is 0 Å². The standard InChI is InChI=1S/C24H50N2O2/c1-5-6-7-8-9-10-11-12-13-14-15-16-17-18-19-24(27)28-23-22-26(4)21-20-25(2)3/h5-23H2,1-4H3. The summed E-state index contributed by atoms with van der Waals surface area (Å²) in [6.07, 6.45) is 19.4. The molecular weight excluding hydrogens is 348 g/mol. The van der Waals surface area contributed by atoms with Crippen LogP contribution in [-0.4, -0.2) is 63.2 Å². The van der Waals surface area contributed by atoms with E-state index in [9.17, 15) is 4.79 Å². The van der Waals surface area contributed by atoms with Gasteiger partial charge in [0.15, 0.2) is 0 Å². The monoisotopic (exact) mass is 398 g/mol. The fraction of sp³-hybridized carbons (Fsp3) is 0.958. The number of likely N-dealkylation sites (N-methyl/N-ethyl adjacent to an activating group) is 2. The van der Waals surface area contributed by atoms with Gasteiger partial charge in [-0.3, -0.25) is 4.79 Å². The molecule has 0 aromatic heterocycles. The van der Waals surface area contributed by atoms with Crippen LogP contribution < -0.4 is 0 Å². The van der Waals surface area contributed by atoms with Crippen molar-refractivity contribution in [3.63, 3.8) is 0 Å². The summed E-state index contributed by atoms with van der Waals surface area (Å²) in [7, 11) is 6.22. The average molecular weight is 399 g/mol. The van der Waals surface area contributed by atoms with Gasteiger partial charge in [-0.2, -0.15) is 0 Å². The Hall–Kier alpha value is -0.610. The number of hydrogen-bond acceptors (Lipinski definition) is 4. The number of ether oxygens (including phenoxy) is 1. The highest BCUT2D eigenvalue weighted by Gasteiger charge is 2.04. The third kappa shape index (κ3) is 21.7. The molecule has 0 N–H and O–H groups in total. The Morgan fingerprint density at radius 2 is 1.11 bits per heavy atom. The van der Waals surface area contributed by atoms with Crippen molar-refractivity contribution in [2.24, 2.45) is 0 Å². The summed E-state index contributed by atoms with van der Waals surface area (Å²) in [6.45, 7) is 5.65. The van der Waals surface area contributed by atoms with E-state index in [0.717, 1.165) is 32.5 Å². The molecule has 28 heavy (non-hydrogen) atoms. The van der Waals surface area contributed by atoms with E-state index in [1.807, 2.05) is 0 Å². The van der Waals surface area contributed by atoms with Gasteiger partial charge in [0, 0.05) is 26.1 Å². The van der Waals surface area contributed by atoms with Gasteiger partial charge < -0.3 is 14.5 Å². The molecule has 0 aromatic rings. The van der Waals surface area contributed by atoms with Crippen LogP contribution in [0.4, 0.5) is 0 Å². The highest BCUT2D eigenvalue weighted by molar-refractivity contribution is 5.69. The molecule has 0 saturated carbocycles. The summed E-state index contributed by atoms with van der Waals surface area (Å²) in [5, 5.41) is 0. The minimum absolute atomic E-state index is 0.0278. The van der Waals surface area contributed by atoms with E-state index in [0.29, 0.717) is 13.0 Å². The number of esters is 1. The second-order valence-corrected chi connectivity index (χ2v) is 8.67. The minimum atomic E-state index is -0.0278. The number of rotatable bonds is 21. The van der Waals surface area contributed by atoms with E-state index in [1.165, 1.54) is 77.0 Å². The fourth-order valence-corrected chi connectivity index (χ4v) is 3.33. The van der Waals surface area contributed by atoms with Crippen LogP contribution >= 0.6 is 0 Å². The molecule has 0 fully saturated rings. The van der Waals surface area contributed by atoms with Crippen LogP contribution in [0.25, 0.3) is 0 Å². The van der Waals surface area contributed by atoms with Gasteiger partial charge in [0.05, 0.1) is 0 Å². The van der Waals surface area contributed by atoms with E-state index >= 15 is 0 Å². The molecule has 0 radical (unpaired) electrons. The van der Waals surface area contributed by atoms with Crippen molar-refractivity contribution in [2.75, 3.05) is 47.4 Å². The lowest BCUT2D eigenvalue weighted by atomic mass is 10.0. The van der Waals surface area contributed by atoms with Gasteiger partial charge in [0.25, 0.3) is 0 Å². The lowest BCUT2D eigenvalue weighted by Gasteiger charge is -2.18. The first-order valence-electron chi connectivity index (χ1n) is 12.0. The fourth-order valence-electron chi connectivity index (χ4n) is 3.33. The Balaban J connectivity index is 3.24. The van der Waals surface area contributed by atoms with Crippen LogP contribution in [0.2, 0.25) is 0 Å². The van der Waals surface area contributed by atoms with Crippen molar-refractivity contribution >= 4 is 5.97 Å². The highest BCUT2D eigenvalue weighted by Crippen LogP contribution is 2.13. The van der Waals surface area contributed by atoms with Crippen molar-refractivity contribution in [1.82, 2.24) is 9.80 Å². The van der Waals surface area contributed by atoms with Crippen LogP contribution in [0.15, 0.2) is 0 Å². The maximum atomic E-state index is 11.8. The van der Waals surface area contributed by atoms with Crippen LogP contribution in [-0.2, 0) is 9.53 Å². The Kier molecular flexibility index (Phi) is 20.6. The summed E-state index contributed by atoms with van der Waals surface area (Å²) < 4.78 is 5.34. The molecule has 0 rings (SSSR count). The molecule has 0 heterocycles. The van der Waals surface area contributed by atoms with Gasteiger partial charge in [0.1, 0.15) is 6.61 Å². The molecule has 0 aliphatic rings. The predicted octanol–water partition coefficient (Wildman–Crippen LogP) is 5.89. The molecule has 0 unspecified atom stereocenters. The van der Waals surface area contributed by atoms with E-state index in [4.69, 9.17) is 4.74 Å². The molecule has 0 aliphatic heterocycles. The van der Waals surface area contributed by atoms with Crippen LogP contribution in [0, 0.1) is 0 Å². The van der Waals surface area contributed by atoms with Gasteiger partial charge in [-0.05, 0) is 27.6 Å². The predicted molar refractivity (Wildman–Crippen MR) is 122 cm³/mol. The molecular formula is C24H50N2O2. The zero-order valence-electron chi connectivity index (χ0n) is 19.6. The lowest BCUT2D eigenvalue weighted by Crippen LogP contribution is -2.31. The Morgan fingerprint density at radius 3 is 1.57 bits per heavy atom. The summed E-state index contributed by atoms with van der Waals surface area (Å²) in [5.41, 5.74) is 0. The normalized spacial score (nSPS) is 11.5. The Morgan fingerprint density at radius 1 is 0.643 bits per heavy atom. The summed E-state index contributed by atoms with van der Waals surface area (Å²) in [5.74, 6) is -0.0278. The number of unbranched alkanes of at least 4 members (excludes halogenated alkanes) is 13. The van der Waals surface area contributed by atoms with Crippen molar-refractivity contribution in [3.8, 4) is 0 Å². The SMILES string of the molecule is CCCCCCCCCCCCCCCCC(=O)OCCN(C)CCN(C)C. The summed E-state index contributed by atoms with van der Waals surface area (Å²) >= 11 is 0. The number of carbonyl (C=O) groups is 1. The second-order valence-electron chi connectivity index (χ2n) is 8.67. The van der Waals surface area contributed by atoms with Crippen molar-refractivity contribution in [3.05, 3.63) is 0 Å². The van der Waals surface area contributed by atoms with E-state index in [1.54, 1.807) is 0 Å². The summed E-state index contributed by atoms with van der Waals surface area (Å²) in [6, 6.07) is 0. The van der Waals surface area contributed by atoms with Gasteiger partial charge in [-0.25, -0.2) is 0 Å². The Labute approximate surface area is 176 Å². The quantitative estimate of drug-likeness (QED) is 0.178. The van der Waals surface area contributed by atoms with Crippen LogP contribution in [0.1, 0.15) is 103 Å². The topological polar surface area (TPSA) is 32.8 Å². The second kappa shape index (κ2) is 21.1. The van der Waals surface area contributed by atoms with Crippen molar-refractivity contribution < 1.29 is 9.53 Å². The van der Waals surface area contributed by atoms with Gasteiger partial charge in [-0.15, -0.1) is 0 Å². The minimum Gasteiger partial charge on any atom is -0.464 e. The third-order valence-corrected chi connectivity index (χ3v) is 5.40. The first-order valence-corrected chi connectivity index (χ1v) is 12.0. The molecule has 168 valence electrons. The van der Waals surface area contributed by atoms with E-state index < -0.39 is 0 Å². The van der Waals surface area contributed by atoms with Gasteiger partial charge in [-0.1, -0.05) is 90.4 Å². The van der Waals surface area contributed by atoms with E-state index in [-0.39, 0.29) is 5.97 Å². The number of hydrogen-bond donors (Lipinski definition) is 0. The molecule has 4 nitrogen and oxygen atoms in total. The first kappa shape index (κ1) is 27.4.